The third-order valence-electron chi connectivity index (χ3n) is 9.48. The van der Waals surface area contributed by atoms with Crippen LogP contribution in [0.3, 0.4) is 0 Å². The number of anilines is 2. The number of benzene rings is 4. The Kier molecular flexibility index (Phi) is 6.50. The zero-order valence-corrected chi connectivity index (χ0v) is 25.4. The molecule has 210 valence electrons. The number of allylic oxidation sites excluding steroid dienone is 6. The van der Waals surface area contributed by atoms with Gasteiger partial charge in [0.15, 0.2) is 11.0 Å². The molecule has 1 aliphatic carbocycles. The Morgan fingerprint density at radius 1 is 0.690 bits per heavy atom. The number of imidazole rings is 1. The molecule has 0 unspecified atom stereocenters. The summed E-state index contributed by atoms with van der Waals surface area (Å²) < 4.78 is 4.64. The molecule has 4 nitrogen and oxygen atoms in total. The van der Waals surface area contributed by atoms with Crippen molar-refractivity contribution in [2.75, 3.05) is 23.9 Å². The Bertz CT molecular complexity index is 1890. The van der Waals surface area contributed by atoms with Gasteiger partial charge in [0.25, 0.3) is 5.82 Å². The van der Waals surface area contributed by atoms with Gasteiger partial charge in [0.05, 0.1) is 25.5 Å². The van der Waals surface area contributed by atoms with Crippen LogP contribution in [0, 0.1) is 0 Å². The molecule has 0 radical (unpaired) electrons. The molecule has 0 bridgehead atoms. The molecule has 0 atom stereocenters. The average molecular weight is 552 g/mol. The van der Waals surface area contributed by atoms with E-state index in [2.05, 4.69) is 151 Å². The molecular formula is C38H39N4+. The van der Waals surface area contributed by atoms with Crippen LogP contribution in [0.5, 0.6) is 0 Å². The zero-order chi connectivity index (χ0) is 29.0. The van der Waals surface area contributed by atoms with Gasteiger partial charge in [-0.3, -0.25) is 0 Å². The van der Waals surface area contributed by atoms with E-state index in [1.165, 1.54) is 85.2 Å². The van der Waals surface area contributed by atoms with Crippen LogP contribution in [-0.2, 0) is 14.1 Å². The van der Waals surface area contributed by atoms with Crippen molar-refractivity contribution in [3.63, 3.8) is 0 Å². The smallest absolute Gasteiger partial charge is 0.281 e. The van der Waals surface area contributed by atoms with E-state index >= 15 is 0 Å². The van der Waals surface area contributed by atoms with Crippen LogP contribution in [0.2, 0.25) is 0 Å². The van der Waals surface area contributed by atoms with Crippen LogP contribution >= 0.6 is 0 Å². The van der Waals surface area contributed by atoms with Crippen molar-refractivity contribution in [3.05, 3.63) is 119 Å². The van der Waals surface area contributed by atoms with E-state index in [9.17, 15) is 0 Å². The molecule has 0 saturated carbocycles. The fraction of sp³-hybridized carbons (Fsp3) is 0.237. The number of hydrogen-bond acceptors (Lipinski definition) is 2. The first-order valence-electron chi connectivity index (χ1n) is 15.1. The standard InChI is InChI=1S/C38H39N4/c1-26-27(18-20-37-39(2)33-22-29-14-8-9-15-30(29)23-34(33)40(37)3)12-6-7-13-28(26)19-21-38-41(4)35-24-31-16-10-11-17-32(31)25-36(35)42(38)5/h8-11,14-25H,6-7,12-13H2,1-5H3/q+1. The molecule has 7 rings (SSSR count). The highest BCUT2D eigenvalue weighted by atomic mass is 15.4. The Balaban J connectivity index is 1.22. The zero-order valence-electron chi connectivity index (χ0n) is 25.4. The molecule has 2 aliphatic rings. The molecule has 1 aliphatic heterocycles. The van der Waals surface area contributed by atoms with Crippen molar-refractivity contribution in [1.29, 1.82) is 0 Å². The Hall–Kier alpha value is -4.57. The summed E-state index contributed by atoms with van der Waals surface area (Å²) in [4.78, 5) is 4.64. The van der Waals surface area contributed by atoms with Gasteiger partial charge in [-0.25, -0.2) is 9.13 Å². The third kappa shape index (κ3) is 4.34. The second-order valence-corrected chi connectivity index (χ2v) is 11.9. The fourth-order valence-electron chi connectivity index (χ4n) is 6.88. The lowest BCUT2D eigenvalue weighted by molar-refractivity contribution is -0.647. The number of nitrogens with zero attached hydrogens (tertiary/aromatic N) is 4. The first-order valence-corrected chi connectivity index (χ1v) is 15.1. The normalized spacial score (nSPS) is 17.0. The van der Waals surface area contributed by atoms with Gasteiger partial charge in [-0.05, 0) is 101 Å². The molecule has 0 N–H and O–H groups in total. The minimum atomic E-state index is 1.12. The summed E-state index contributed by atoms with van der Waals surface area (Å²) in [6, 6.07) is 26.5. The first-order chi connectivity index (χ1) is 20.4. The second kappa shape index (κ2) is 10.4. The third-order valence-corrected chi connectivity index (χ3v) is 9.48. The minimum Gasteiger partial charge on any atom is -0.329 e. The quantitative estimate of drug-likeness (QED) is 0.209. The van der Waals surface area contributed by atoms with E-state index in [1.54, 1.807) is 0 Å². The van der Waals surface area contributed by atoms with E-state index in [0.29, 0.717) is 0 Å². The lowest BCUT2D eigenvalue weighted by atomic mass is 9.99. The van der Waals surface area contributed by atoms with Crippen molar-refractivity contribution in [3.8, 4) is 0 Å². The molecule has 0 fully saturated rings. The molecule has 2 heterocycles. The van der Waals surface area contributed by atoms with Crippen molar-refractivity contribution in [2.24, 2.45) is 14.1 Å². The predicted octanol–water partition coefficient (Wildman–Crippen LogP) is 8.57. The van der Waals surface area contributed by atoms with Gasteiger partial charge < -0.3 is 9.80 Å². The maximum atomic E-state index is 2.37. The molecule has 42 heavy (non-hydrogen) atoms. The maximum Gasteiger partial charge on any atom is 0.281 e. The summed E-state index contributed by atoms with van der Waals surface area (Å²) in [5.74, 6) is 2.41. The number of aromatic nitrogens is 2. The topological polar surface area (TPSA) is 15.3 Å². The maximum absolute atomic E-state index is 2.37. The van der Waals surface area contributed by atoms with Crippen molar-refractivity contribution in [2.45, 2.75) is 32.6 Å². The van der Waals surface area contributed by atoms with E-state index in [1.807, 2.05) is 0 Å². The Morgan fingerprint density at radius 3 is 1.90 bits per heavy atom. The van der Waals surface area contributed by atoms with Crippen LogP contribution in [0.25, 0.3) is 38.7 Å². The summed E-state index contributed by atoms with van der Waals surface area (Å²) in [6.45, 7) is 2.31. The van der Waals surface area contributed by atoms with Gasteiger partial charge >= 0.3 is 0 Å². The highest BCUT2D eigenvalue weighted by Gasteiger charge is 2.26. The largest absolute Gasteiger partial charge is 0.329 e. The van der Waals surface area contributed by atoms with Gasteiger partial charge in [-0.1, -0.05) is 60.7 Å². The van der Waals surface area contributed by atoms with Crippen LogP contribution in [0.4, 0.5) is 11.4 Å². The van der Waals surface area contributed by atoms with E-state index in [-0.39, 0.29) is 0 Å². The number of rotatable bonds is 3. The summed E-state index contributed by atoms with van der Waals surface area (Å²) in [5, 5.41) is 5.12. The molecule has 5 aromatic rings. The lowest BCUT2D eigenvalue weighted by Crippen LogP contribution is -2.30. The highest BCUT2D eigenvalue weighted by Crippen LogP contribution is 2.42. The average Bonchev–Trinajstić information content (AvgIpc) is 3.28. The molecule has 4 heteroatoms. The van der Waals surface area contributed by atoms with Crippen LogP contribution in [0.15, 0.2) is 114 Å². The molecular weight excluding hydrogens is 512 g/mol. The monoisotopic (exact) mass is 551 g/mol. The first kappa shape index (κ1) is 26.3. The van der Waals surface area contributed by atoms with Gasteiger partial charge in [-0.15, -0.1) is 0 Å². The molecule has 0 amide bonds. The molecule has 0 spiro atoms. The predicted molar refractivity (Wildman–Crippen MR) is 179 cm³/mol. The van der Waals surface area contributed by atoms with Crippen molar-refractivity contribution >= 4 is 50.0 Å². The minimum absolute atomic E-state index is 1.12. The van der Waals surface area contributed by atoms with Gasteiger partial charge in [0.1, 0.15) is 5.82 Å². The van der Waals surface area contributed by atoms with Crippen LogP contribution in [0.1, 0.15) is 38.4 Å². The highest BCUT2D eigenvalue weighted by molar-refractivity contribution is 5.96. The van der Waals surface area contributed by atoms with Crippen molar-refractivity contribution in [1.82, 2.24) is 4.57 Å². The van der Waals surface area contributed by atoms with Gasteiger partial charge in [0.2, 0.25) is 0 Å². The van der Waals surface area contributed by atoms with Crippen LogP contribution in [-0.4, -0.2) is 18.7 Å². The van der Waals surface area contributed by atoms with E-state index in [4.69, 9.17) is 0 Å². The number of hydrogen-bond donors (Lipinski definition) is 0. The number of fused-ring (bicyclic) bond motifs is 4. The summed E-state index contributed by atoms with van der Waals surface area (Å²) in [5.41, 5.74) is 9.33. The SMILES string of the molecule is CC1=C(C=Cc2n(C)c3cc4ccccc4cc3[n+]2C)CCCCC1=CC=C1N(C)c2cc3ccccc3cc2N1C. The molecule has 4 aromatic carbocycles. The number of aryl methyl sites for hydroxylation is 2. The Labute approximate surface area is 248 Å². The van der Waals surface area contributed by atoms with Crippen LogP contribution < -0.4 is 14.4 Å². The second-order valence-electron chi connectivity index (χ2n) is 11.9. The van der Waals surface area contributed by atoms with E-state index < -0.39 is 0 Å². The fourth-order valence-corrected chi connectivity index (χ4v) is 6.88. The summed E-state index contributed by atoms with van der Waals surface area (Å²) in [7, 11) is 8.72. The van der Waals surface area contributed by atoms with Gasteiger partial charge in [0, 0.05) is 20.2 Å². The van der Waals surface area contributed by atoms with E-state index in [0.717, 1.165) is 12.8 Å². The van der Waals surface area contributed by atoms with Crippen molar-refractivity contribution < 1.29 is 4.57 Å². The Morgan fingerprint density at radius 2 is 1.26 bits per heavy atom. The lowest BCUT2D eigenvalue weighted by Gasteiger charge is -2.18. The molecule has 0 saturated heterocycles. The molecule has 1 aromatic heterocycles. The summed E-state index contributed by atoms with van der Waals surface area (Å²) >= 11 is 0. The summed E-state index contributed by atoms with van der Waals surface area (Å²) in [6.07, 6.45) is 14.0. The van der Waals surface area contributed by atoms with Gasteiger partial charge in [-0.2, -0.15) is 0 Å².